The van der Waals surface area contributed by atoms with Crippen LogP contribution < -0.4 is 10.2 Å². The molecule has 106 valence electrons. The first kappa shape index (κ1) is 13.2. The fourth-order valence-corrected chi connectivity index (χ4v) is 2.64. The van der Waals surface area contributed by atoms with Gasteiger partial charge in [0.1, 0.15) is 11.3 Å². The second-order valence-electron chi connectivity index (χ2n) is 5.19. The Morgan fingerprint density at radius 3 is 2.90 bits per heavy atom. The van der Waals surface area contributed by atoms with E-state index in [9.17, 15) is 4.79 Å². The smallest absolute Gasteiger partial charge is 0.192 e. The van der Waals surface area contributed by atoms with Gasteiger partial charge < -0.3 is 14.1 Å². The number of rotatable bonds is 5. The van der Waals surface area contributed by atoms with Crippen LogP contribution in [-0.2, 0) is 0 Å². The van der Waals surface area contributed by atoms with Crippen LogP contribution in [0.25, 0.3) is 11.0 Å². The van der Waals surface area contributed by atoms with Gasteiger partial charge in [-0.15, -0.1) is 0 Å². The average molecular weight is 273 g/mol. The fourth-order valence-electron chi connectivity index (χ4n) is 2.64. The molecule has 2 heterocycles. The lowest BCUT2D eigenvalue weighted by Crippen LogP contribution is -2.21. The molecule has 0 atom stereocenters. The highest BCUT2D eigenvalue weighted by Gasteiger charge is 2.10. The Morgan fingerprint density at radius 2 is 2.05 bits per heavy atom. The molecule has 4 heteroatoms. The molecule has 1 aromatic heterocycles. The molecule has 1 saturated heterocycles. The number of likely N-dealkylation sites (tertiary alicyclic amines) is 1. The minimum absolute atomic E-state index is 0.0215. The zero-order chi connectivity index (χ0) is 13.8. The van der Waals surface area contributed by atoms with Gasteiger partial charge in [-0.1, -0.05) is 0 Å². The quantitative estimate of drug-likeness (QED) is 0.785. The molecule has 0 amide bonds. The highest BCUT2D eigenvalue weighted by atomic mass is 16.5. The van der Waals surface area contributed by atoms with Crippen LogP contribution in [0.4, 0.5) is 0 Å². The second kappa shape index (κ2) is 6.09. The average Bonchev–Trinajstić information content (AvgIpc) is 2.97. The van der Waals surface area contributed by atoms with E-state index in [0.29, 0.717) is 17.6 Å². The van der Waals surface area contributed by atoms with E-state index in [1.807, 2.05) is 6.07 Å². The van der Waals surface area contributed by atoms with Crippen molar-refractivity contribution in [3.05, 3.63) is 40.8 Å². The van der Waals surface area contributed by atoms with Crippen LogP contribution in [0.3, 0.4) is 0 Å². The summed E-state index contributed by atoms with van der Waals surface area (Å²) in [5.74, 6) is 0.758. The normalized spacial score (nSPS) is 15.8. The number of hydrogen-bond donors (Lipinski definition) is 0. The molecular weight excluding hydrogens is 254 g/mol. The van der Waals surface area contributed by atoms with Crippen LogP contribution in [-0.4, -0.2) is 31.1 Å². The van der Waals surface area contributed by atoms with E-state index in [4.69, 9.17) is 9.15 Å². The molecule has 0 saturated carbocycles. The molecule has 1 aliphatic rings. The topological polar surface area (TPSA) is 42.7 Å². The molecule has 1 aromatic carbocycles. The van der Waals surface area contributed by atoms with Crippen LogP contribution in [0.5, 0.6) is 5.75 Å². The van der Waals surface area contributed by atoms with E-state index in [2.05, 4.69) is 4.90 Å². The van der Waals surface area contributed by atoms with Gasteiger partial charge in [0.2, 0.25) is 0 Å². The molecule has 0 aliphatic carbocycles. The number of hydrogen-bond acceptors (Lipinski definition) is 4. The predicted molar refractivity (Wildman–Crippen MR) is 78.3 cm³/mol. The van der Waals surface area contributed by atoms with Gasteiger partial charge in [0.25, 0.3) is 0 Å². The van der Waals surface area contributed by atoms with Gasteiger partial charge in [-0.3, -0.25) is 4.79 Å². The van der Waals surface area contributed by atoms with Crippen molar-refractivity contribution in [1.29, 1.82) is 0 Å². The lowest BCUT2D eigenvalue weighted by atomic mass is 10.2. The molecule has 0 spiro atoms. The van der Waals surface area contributed by atoms with Crippen LogP contribution in [0.1, 0.15) is 19.3 Å². The largest absolute Gasteiger partial charge is 0.493 e. The Hall–Kier alpha value is -1.81. The van der Waals surface area contributed by atoms with E-state index >= 15 is 0 Å². The summed E-state index contributed by atoms with van der Waals surface area (Å²) in [6, 6.07) is 6.80. The predicted octanol–water partition coefficient (Wildman–Crippen LogP) is 2.66. The van der Waals surface area contributed by atoms with Crippen LogP contribution in [0, 0.1) is 0 Å². The summed E-state index contributed by atoms with van der Waals surface area (Å²) in [4.78, 5) is 14.1. The molecule has 4 nitrogen and oxygen atoms in total. The van der Waals surface area contributed by atoms with E-state index in [1.165, 1.54) is 38.3 Å². The lowest BCUT2D eigenvalue weighted by molar-refractivity contribution is 0.263. The monoisotopic (exact) mass is 273 g/mol. The molecule has 0 radical (unpaired) electrons. The van der Waals surface area contributed by atoms with Gasteiger partial charge in [-0.25, -0.2) is 0 Å². The number of ether oxygens (including phenoxy) is 1. The highest BCUT2D eigenvalue weighted by molar-refractivity contribution is 5.77. The van der Waals surface area contributed by atoms with Crippen molar-refractivity contribution in [3.8, 4) is 5.75 Å². The number of fused-ring (bicyclic) bond motifs is 1. The first-order chi connectivity index (χ1) is 9.83. The summed E-state index contributed by atoms with van der Waals surface area (Å²) in [6.45, 7) is 4.24. The summed E-state index contributed by atoms with van der Waals surface area (Å²) in [6.07, 6.45) is 5.09. The summed E-state index contributed by atoms with van der Waals surface area (Å²) in [5.41, 5.74) is 0.557. The minimum Gasteiger partial charge on any atom is -0.493 e. The molecular formula is C16H19NO3. The zero-order valence-electron chi connectivity index (χ0n) is 11.5. The van der Waals surface area contributed by atoms with Gasteiger partial charge in [0, 0.05) is 18.7 Å². The molecule has 3 rings (SSSR count). The molecule has 0 bridgehead atoms. The van der Waals surface area contributed by atoms with Gasteiger partial charge in [0.15, 0.2) is 5.43 Å². The fraction of sp³-hybridized carbons (Fsp3) is 0.438. The Morgan fingerprint density at radius 1 is 1.20 bits per heavy atom. The molecule has 1 fully saturated rings. The third-order valence-electron chi connectivity index (χ3n) is 3.72. The first-order valence-electron chi connectivity index (χ1n) is 7.20. The summed E-state index contributed by atoms with van der Waals surface area (Å²) in [5, 5.41) is 0.594. The summed E-state index contributed by atoms with van der Waals surface area (Å²) < 4.78 is 11.1. The molecule has 1 aliphatic heterocycles. The van der Waals surface area contributed by atoms with Crippen LogP contribution >= 0.6 is 0 Å². The molecule has 2 aromatic rings. The van der Waals surface area contributed by atoms with E-state index < -0.39 is 0 Å². The van der Waals surface area contributed by atoms with Crippen molar-refractivity contribution in [2.75, 3.05) is 26.2 Å². The van der Waals surface area contributed by atoms with E-state index in [1.54, 1.807) is 12.1 Å². The van der Waals surface area contributed by atoms with Gasteiger partial charge >= 0.3 is 0 Å². The Labute approximate surface area is 118 Å². The summed E-state index contributed by atoms with van der Waals surface area (Å²) >= 11 is 0. The third-order valence-corrected chi connectivity index (χ3v) is 3.72. The zero-order valence-corrected chi connectivity index (χ0v) is 11.5. The van der Waals surface area contributed by atoms with E-state index in [-0.39, 0.29) is 5.43 Å². The Kier molecular flexibility index (Phi) is 4.02. The first-order valence-corrected chi connectivity index (χ1v) is 7.20. The molecule has 20 heavy (non-hydrogen) atoms. The van der Waals surface area contributed by atoms with Crippen molar-refractivity contribution in [2.45, 2.75) is 19.3 Å². The van der Waals surface area contributed by atoms with Crippen molar-refractivity contribution >= 4 is 11.0 Å². The lowest BCUT2D eigenvalue weighted by Gasteiger charge is -2.14. The van der Waals surface area contributed by atoms with Gasteiger partial charge in [-0.05, 0) is 44.5 Å². The Balaban J connectivity index is 1.56. The SMILES string of the molecule is O=c1ccoc2cc(OCCCN3CCCC3)ccc12. The molecule has 0 N–H and O–H groups in total. The summed E-state index contributed by atoms with van der Waals surface area (Å²) in [7, 11) is 0. The maximum absolute atomic E-state index is 11.6. The molecule has 0 unspecified atom stereocenters. The van der Waals surface area contributed by atoms with Crippen molar-refractivity contribution in [3.63, 3.8) is 0 Å². The Bertz CT molecular complexity index is 629. The second-order valence-corrected chi connectivity index (χ2v) is 5.19. The van der Waals surface area contributed by atoms with Gasteiger partial charge in [-0.2, -0.15) is 0 Å². The highest BCUT2D eigenvalue weighted by Crippen LogP contribution is 2.18. The third kappa shape index (κ3) is 3.02. The maximum Gasteiger partial charge on any atom is 0.192 e. The van der Waals surface area contributed by atoms with Crippen molar-refractivity contribution in [2.24, 2.45) is 0 Å². The van der Waals surface area contributed by atoms with Crippen molar-refractivity contribution < 1.29 is 9.15 Å². The van der Waals surface area contributed by atoms with Crippen LogP contribution in [0.15, 0.2) is 39.7 Å². The van der Waals surface area contributed by atoms with Crippen molar-refractivity contribution in [1.82, 2.24) is 4.90 Å². The number of benzene rings is 1. The van der Waals surface area contributed by atoms with Gasteiger partial charge in [0.05, 0.1) is 18.3 Å². The van der Waals surface area contributed by atoms with E-state index in [0.717, 1.165) is 18.7 Å². The number of nitrogens with zero attached hydrogens (tertiary/aromatic N) is 1. The minimum atomic E-state index is -0.0215. The maximum atomic E-state index is 11.6. The van der Waals surface area contributed by atoms with Crippen LogP contribution in [0.2, 0.25) is 0 Å². The standard InChI is InChI=1S/C16H19NO3/c18-15-6-11-20-16-12-13(4-5-14(15)16)19-10-3-9-17-7-1-2-8-17/h4-6,11-12H,1-3,7-10H2.